The van der Waals surface area contributed by atoms with E-state index in [0.717, 1.165) is 4.67 Å². The summed E-state index contributed by atoms with van der Waals surface area (Å²) >= 11 is 0. The third-order valence-corrected chi connectivity index (χ3v) is 10.6. The highest BCUT2D eigenvalue weighted by Gasteiger charge is 2.48. The van der Waals surface area contributed by atoms with Gasteiger partial charge in [0.15, 0.2) is 13.3 Å². The summed E-state index contributed by atoms with van der Waals surface area (Å²) in [5, 5.41) is 37.3. The van der Waals surface area contributed by atoms with Crippen LogP contribution in [0, 0.1) is 5.41 Å². The van der Waals surface area contributed by atoms with E-state index in [4.69, 9.17) is 27.7 Å². The summed E-state index contributed by atoms with van der Waals surface area (Å²) in [5.74, 6) is -5.47. The molecule has 0 spiro atoms. The molecule has 4 atom stereocenters. The molecule has 2 aromatic rings. The number of rotatable bonds is 16. The summed E-state index contributed by atoms with van der Waals surface area (Å²) in [7, 11) is -3.96. The molecule has 3 rings (SSSR count). The number of carbonyl (C=O) groups is 5. The Labute approximate surface area is 284 Å². The smallest absolute Gasteiger partial charge is 0.327 e. The summed E-state index contributed by atoms with van der Waals surface area (Å²) in [6, 6.07) is 12.7. The van der Waals surface area contributed by atoms with Gasteiger partial charge in [-0.1, -0.05) is 60.7 Å². The summed E-state index contributed by atoms with van der Waals surface area (Å²) < 4.78 is 15.7. The van der Waals surface area contributed by atoms with Crippen LogP contribution in [-0.4, -0.2) is 97.8 Å². The number of guanidine groups is 1. The van der Waals surface area contributed by atoms with Crippen LogP contribution >= 0.6 is 7.29 Å². The second kappa shape index (κ2) is 19.3. The SMILES string of the molecule is C[C@H](N)C(=O)N1CCC[C@H]1C(=O)N([C@@H](CC(=O)O)C(=O)O)P(=O)(Cc1ccccc1)Cc1ccccc1.N=C(N)NCCC[C@H](N)C(=O)O. The van der Waals surface area contributed by atoms with Gasteiger partial charge in [-0.2, -0.15) is 0 Å². The molecule has 2 aromatic carbocycles. The Morgan fingerprint density at radius 3 is 1.92 bits per heavy atom. The first-order valence-corrected chi connectivity index (χ1v) is 17.7. The van der Waals surface area contributed by atoms with Gasteiger partial charge >= 0.3 is 17.9 Å². The molecule has 17 heteroatoms. The van der Waals surface area contributed by atoms with Gasteiger partial charge in [0.25, 0.3) is 5.91 Å². The Morgan fingerprint density at radius 1 is 0.959 bits per heavy atom. The maximum absolute atomic E-state index is 14.9. The Balaban J connectivity index is 0.000000591. The van der Waals surface area contributed by atoms with E-state index in [0.29, 0.717) is 36.9 Å². The Bertz CT molecular complexity index is 1450. The van der Waals surface area contributed by atoms with Gasteiger partial charge in [-0.3, -0.25) is 33.8 Å². The van der Waals surface area contributed by atoms with E-state index in [9.17, 15) is 38.8 Å². The first kappa shape index (κ1) is 40.4. The molecule has 0 saturated carbocycles. The zero-order valence-electron chi connectivity index (χ0n) is 27.3. The number of nitrogens with one attached hydrogen (secondary N) is 2. The number of benzene rings is 2. The summed E-state index contributed by atoms with van der Waals surface area (Å²) in [4.78, 5) is 62.4. The first-order chi connectivity index (χ1) is 23.1. The van der Waals surface area contributed by atoms with Crippen LogP contribution in [0.2, 0.25) is 0 Å². The molecule has 1 heterocycles. The van der Waals surface area contributed by atoms with Crippen molar-refractivity contribution in [2.75, 3.05) is 13.1 Å². The number of carbonyl (C=O) groups excluding carboxylic acids is 2. The number of hydrogen-bond donors (Lipinski definition) is 8. The van der Waals surface area contributed by atoms with Crippen molar-refractivity contribution in [1.82, 2.24) is 14.9 Å². The highest BCUT2D eigenvalue weighted by Crippen LogP contribution is 2.57. The van der Waals surface area contributed by atoms with E-state index in [1.165, 1.54) is 11.8 Å². The third kappa shape index (κ3) is 12.6. The van der Waals surface area contributed by atoms with Crippen LogP contribution in [0.4, 0.5) is 0 Å². The average molecular weight is 704 g/mol. The minimum atomic E-state index is -3.96. The number of nitrogens with zero attached hydrogens (tertiary/aromatic N) is 2. The lowest BCUT2D eigenvalue weighted by Gasteiger charge is -2.39. The van der Waals surface area contributed by atoms with Crippen LogP contribution in [0.25, 0.3) is 0 Å². The molecule has 0 aromatic heterocycles. The quantitative estimate of drug-likeness (QED) is 0.0532. The molecule has 1 aliphatic heterocycles. The lowest BCUT2D eigenvalue weighted by atomic mass is 10.1. The van der Waals surface area contributed by atoms with Crippen molar-refractivity contribution in [2.45, 2.75) is 75.5 Å². The predicted molar refractivity (Wildman–Crippen MR) is 182 cm³/mol. The highest BCUT2D eigenvalue weighted by atomic mass is 31.2. The van der Waals surface area contributed by atoms with Crippen LogP contribution in [0.15, 0.2) is 60.7 Å². The predicted octanol–water partition coefficient (Wildman–Crippen LogP) is 1.42. The fourth-order valence-corrected chi connectivity index (χ4v) is 8.51. The van der Waals surface area contributed by atoms with E-state index in [2.05, 4.69) is 5.32 Å². The number of aliphatic carboxylic acids is 3. The van der Waals surface area contributed by atoms with Crippen molar-refractivity contribution >= 4 is 43.0 Å². The van der Waals surface area contributed by atoms with Gasteiger partial charge in [-0.05, 0) is 43.7 Å². The number of hydrogen-bond acceptors (Lipinski definition) is 9. The third-order valence-electron chi connectivity index (χ3n) is 7.65. The number of amides is 2. The van der Waals surface area contributed by atoms with Crippen molar-refractivity contribution in [3.8, 4) is 0 Å². The molecule has 49 heavy (non-hydrogen) atoms. The average Bonchev–Trinajstić information content (AvgIpc) is 3.53. The van der Waals surface area contributed by atoms with Gasteiger partial charge in [-0.25, -0.2) is 4.79 Å². The molecule has 2 amide bonds. The summed E-state index contributed by atoms with van der Waals surface area (Å²) in [6.07, 6.45) is 0.411. The molecule has 0 aliphatic carbocycles. The maximum atomic E-state index is 14.9. The maximum Gasteiger partial charge on any atom is 0.327 e. The molecular formula is C32H46N7O9P. The van der Waals surface area contributed by atoms with Crippen molar-refractivity contribution in [2.24, 2.45) is 17.2 Å². The summed E-state index contributed by atoms with van der Waals surface area (Å²) in [6.45, 7) is 2.21. The van der Waals surface area contributed by atoms with Gasteiger partial charge in [0.1, 0.15) is 18.1 Å². The summed E-state index contributed by atoms with van der Waals surface area (Å²) in [5.41, 5.74) is 17.2. The second-order valence-electron chi connectivity index (χ2n) is 11.7. The van der Waals surface area contributed by atoms with Gasteiger partial charge < -0.3 is 42.7 Å². The van der Waals surface area contributed by atoms with Crippen molar-refractivity contribution in [3.63, 3.8) is 0 Å². The van der Waals surface area contributed by atoms with Crippen LogP contribution in [0.5, 0.6) is 0 Å². The minimum Gasteiger partial charge on any atom is -0.481 e. The lowest BCUT2D eigenvalue weighted by molar-refractivity contribution is -0.153. The molecule has 0 radical (unpaired) electrons. The van der Waals surface area contributed by atoms with E-state index >= 15 is 0 Å². The van der Waals surface area contributed by atoms with E-state index < -0.39 is 67.6 Å². The Hall–Kier alpha value is -4.79. The van der Waals surface area contributed by atoms with Crippen molar-refractivity contribution < 1.29 is 43.9 Å². The van der Waals surface area contributed by atoms with Crippen molar-refractivity contribution in [3.05, 3.63) is 71.8 Å². The van der Waals surface area contributed by atoms with Crippen LogP contribution in [0.1, 0.15) is 50.2 Å². The van der Waals surface area contributed by atoms with Crippen LogP contribution in [0.3, 0.4) is 0 Å². The Kier molecular flexibility index (Phi) is 15.9. The van der Waals surface area contributed by atoms with Gasteiger partial charge in [-0.15, -0.1) is 0 Å². The molecule has 0 bridgehead atoms. The number of carboxylic acids is 3. The molecule has 268 valence electrons. The number of nitrogens with two attached hydrogens (primary N) is 3. The zero-order chi connectivity index (χ0) is 36.7. The number of carboxylic acid groups (broad SMARTS) is 3. The van der Waals surface area contributed by atoms with Gasteiger partial charge in [0.2, 0.25) is 5.91 Å². The van der Waals surface area contributed by atoms with Gasteiger partial charge in [0.05, 0.1) is 12.5 Å². The molecular weight excluding hydrogens is 657 g/mol. The monoisotopic (exact) mass is 703 g/mol. The molecule has 1 fully saturated rings. The molecule has 1 saturated heterocycles. The lowest BCUT2D eigenvalue weighted by Crippen LogP contribution is -2.54. The van der Waals surface area contributed by atoms with Crippen LogP contribution in [-0.2, 0) is 40.9 Å². The Morgan fingerprint density at radius 2 is 1.49 bits per heavy atom. The first-order valence-electron chi connectivity index (χ1n) is 15.6. The van der Waals surface area contributed by atoms with E-state index in [1.54, 1.807) is 60.7 Å². The molecule has 11 N–H and O–H groups in total. The highest BCUT2D eigenvalue weighted by molar-refractivity contribution is 7.60. The van der Waals surface area contributed by atoms with E-state index in [1.807, 2.05) is 0 Å². The largest absolute Gasteiger partial charge is 0.481 e. The number of likely N-dealkylation sites (tertiary alicyclic amines) is 1. The fraction of sp³-hybridized carbons (Fsp3) is 0.438. The van der Waals surface area contributed by atoms with Crippen molar-refractivity contribution in [1.29, 1.82) is 5.41 Å². The van der Waals surface area contributed by atoms with E-state index in [-0.39, 0.29) is 31.2 Å². The second-order valence-corrected chi connectivity index (χ2v) is 14.4. The topological polar surface area (TPSA) is 284 Å². The molecule has 1 aliphatic rings. The fourth-order valence-electron chi connectivity index (χ4n) is 5.35. The minimum absolute atomic E-state index is 0.112. The molecule has 0 unspecified atom stereocenters. The normalized spacial score (nSPS) is 15.9. The standard InChI is InChI=1S/C26H32N3O7P.C6H14N4O2/c1-18(27)24(32)28-14-8-13-21(28)25(33)29(22(26(34)35)15-23(30)31)37(36,16-19-9-4-2-5-10-19)17-20-11-6-3-7-12-20;7-4(5(11)12)2-1-3-10-6(8)9/h2-7,9-12,18,21-22H,8,13-17,27H2,1H3,(H,30,31)(H,34,35);4H,1-3,7H2,(H,11,12)(H4,8,9,10)/t18-,21-,22-;4-/m00/s1. The van der Waals surface area contributed by atoms with Crippen LogP contribution < -0.4 is 22.5 Å². The van der Waals surface area contributed by atoms with Gasteiger partial charge in [0, 0.05) is 25.4 Å². The zero-order valence-corrected chi connectivity index (χ0v) is 28.2. The molecule has 16 nitrogen and oxygen atoms in total.